The summed E-state index contributed by atoms with van der Waals surface area (Å²) in [6.07, 6.45) is 6.33. The second kappa shape index (κ2) is 14.4. The molecule has 7 atom stereocenters. The number of amides is 3. The maximum Gasteiger partial charge on any atom is 0.313 e. The van der Waals surface area contributed by atoms with Crippen LogP contribution in [-0.4, -0.2) is 82.1 Å². The number of nitrogens with zero attached hydrogens (tertiary/aromatic N) is 2. The highest BCUT2D eigenvalue weighted by Gasteiger charge is 2.72. The number of rotatable bonds is 7. The maximum atomic E-state index is 15.0. The normalized spacial score (nSPS) is 29.4. The molecule has 2 N–H and O–H groups in total. The summed E-state index contributed by atoms with van der Waals surface area (Å²) in [6, 6.07) is 26.4. The van der Waals surface area contributed by atoms with Gasteiger partial charge in [-0.2, -0.15) is 0 Å². The van der Waals surface area contributed by atoms with Crippen molar-refractivity contribution in [2.75, 3.05) is 19.7 Å². The molecule has 258 valence electrons. The van der Waals surface area contributed by atoms with Crippen LogP contribution in [0.15, 0.2) is 115 Å². The van der Waals surface area contributed by atoms with E-state index in [1.165, 1.54) is 4.90 Å². The van der Waals surface area contributed by atoms with Gasteiger partial charge in [0.25, 0.3) is 0 Å². The van der Waals surface area contributed by atoms with Crippen molar-refractivity contribution in [1.29, 1.82) is 0 Å². The second-order valence-electron chi connectivity index (χ2n) is 13.3. The monoisotopic (exact) mass is 675 g/mol. The number of nitrogens with one attached hydrogen (secondary N) is 1. The lowest BCUT2D eigenvalue weighted by Gasteiger charge is -2.38. The number of fused-ring (bicyclic) bond motifs is 2. The molecular formula is C40H41N3O7. The molecule has 10 heteroatoms. The molecule has 0 radical (unpaired) electrons. The molecule has 4 heterocycles. The summed E-state index contributed by atoms with van der Waals surface area (Å²) in [4.78, 5) is 60.1. The lowest BCUT2D eigenvalue weighted by atomic mass is 9.78. The molecule has 0 aliphatic carbocycles. The van der Waals surface area contributed by atoms with Crippen LogP contribution in [-0.2, 0) is 41.6 Å². The molecule has 1 spiro atoms. The van der Waals surface area contributed by atoms with Gasteiger partial charge in [-0.3, -0.25) is 19.2 Å². The number of carbonyl (C=O) groups excluding carboxylic acids is 4. The van der Waals surface area contributed by atoms with E-state index in [0.29, 0.717) is 24.9 Å². The third kappa shape index (κ3) is 6.36. The van der Waals surface area contributed by atoms with Gasteiger partial charge in [0, 0.05) is 19.5 Å². The standard InChI is InChI=1S/C40H41N3O7/c44-26-30(23-27-13-4-1-5-14-27)43-36-38(47)42(25-28-15-6-2-7-16-28)22-12-21-40(36)35(37(43)46)34-31(50-40)19-10-11-20-33(45)41-24-32(49-39(34)48)29-17-8-3-9-18-29/h1-10,12-19,21,30-32,34-36,44H,11,20,22-26H2,(H,41,45)/b19-10-/t30-,31+,32-,34-,35-,36+,40-/m1/s1. The number of benzene rings is 3. The summed E-state index contributed by atoms with van der Waals surface area (Å²) in [5.41, 5.74) is 0.998. The number of carbonyl (C=O) groups is 4. The van der Waals surface area contributed by atoms with Crippen molar-refractivity contribution in [2.24, 2.45) is 11.8 Å². The molecule has 0 saturated carbocycles. The number of aliphatic hydroxyl groups is 1. The first kappa shape index (κ1) is 33.4. The van der Waals surface area contributed by atoms with Gasteiger partial charge in [-0.15, -0.1) is 0 Å². The Bertz CT molecular complexity index is 1770. The minimum Gasteiger partial charge on any atom is -0.455 e. The van der Waals surface area contributed by atoms with E-state index >= 15 is 0 Å². The highest BCUT2D eigenvalue weighted by Crippen LogP contribution is 2.54. The van der Waals surface area contributed by atoms with Crippen LogP contribution in [0.3, 0.4) is 0 Å². The average molecular weight is 676 g/mol. The predicted molar refractivity (Wildman–Crippen MR) is 184 cm³/mol. The number of allylic oxidation sites excluding steroid dienone is 1. The van der Waals surface area contributed by atoms with Gasteiger partial charge in [-0.1, -0.05) is 115 Å². The zero-order valence-electron chi connectivity index (χ0n) is 27.7. The van der Waals surface area contributed by atoms with Crippen molar-refractivity contribution in [1.82, 2.24) is 15.1 Å². The maximum absolute atomic E-state index is 15.0. The van der Waals surface area contributed by atoms with E-state index in [-0.39, 0.29) is 31.3 Å². The van der Waals surface area contributed by atoms with Crippen LogP contribution in [0, 0.1) is 11.8 Å². The van der Waals surface area contributed by atoms with E-state index in [9.17, 15) is 24.3 Å². The molecule has 0 bridgehead atoms. The Kier molecular flexibility index (Phi) is 9.65. The van der Waals surface area contributed by atoms with Gasteiger partial charge >= 0.3 is 5.97 Å². The Morgan fingerprint density at radius 2 is 1.54 bits per heavy atom. The van der Waals surface area contributed by atoms with Crippen LogP contribution in [0.5, 0.6) is 0 Å². The van der Waals surface area contributed by atoms with Gasteiger partial charge in [0.1, 0.15) is 23.7 Å². The van der Waals surface area contributed by atoms with Crippen LogP contribution >= 0.6 is 0 Å². The van der Waals surface area contributed by atoms with Gasteiger partial charge in [0.2, 0.25) is 17.7 Å². The molecule has 50 heavy (non-hydrogen) atoms. The lowest BCUT2D eigenvalue weighted by molar-refractivity contribution is -0.160. The molecule has 4 aliphatic rings. The molecular weight excluding hydrogens is 634 g/mol. The summed E-state index contributed by atoms with van der Waals surface area (Å²) >= 11 is 0. The molecule has 3 amide bonds. The first-order chi connectivity index (χ1) is 24.4. The van der Waals surface area contributed by atoms with Crippen molar-refractivity contribution in [2.45, 2.75) is 55.7 Å². The highest BCUT2D eigenvalue weighted by molar-refractivity contribution is 5.99. The minimum atomic E-state index is -1.51. The van der Waals surface area contributed by atoms with Gasteiger partial charge < -0.3 is 29.7 Å². The average Bonchev–Trinajstić information content (AvgIpc) is 3.54. The summed E-state index contributed by atoms with van der Waals surface area (Å²) in [7, 11) is 0. The molecule has 10 nitrogen and oxygen atoms in total. The fourth-order valence-corrected chi connectivity index (χ4v) is 7.87. The third-order valence-electron chi connectivity index (χ3n) is 10.2. The zero-order chi connectivity index (χ0) is 34.7. The van der Waals surface area contributed by atoms with E-state index in [4.69, 9.17) is 9.47 Å². The van der Waals surface area contributed by atoms with Crippen molar-refractivity contribution in [3.8, 4) is 0 Å². The van der Waals surface area contributed by atoms with Crippen LogP contribution in [0.2, 0.25) is 0 Å². The first-order valence-corrected chi connectivity index (χ1v) is 17.2. The topological polar surface area (TPSA) is 125 Å². The van der Waals surface area contributed by atoms with Crippen LogP contribution in [0.4, 0.5) is 0 Å². The molecule has 0 unspecified atom stereocenters. The Balaban J connectivity index is 1.31. The number of likely N-dealkylation sites (tertiary alicyclic amines) is 1. The first-order valence-electron chi connectivity index (χ1n) is 17.2. The Hall–Kier alpha value is -5.06. The number of aliphatic hydroxyl groups excluding tert-OH is 1. The highest BCUT2D eigenvalue weighted by atomic mass is 16.6. The van der Waals surface area contributed by atoms with E-state index in [2.05, 4.69) is 5.32 Å². The largest absolute Gasteiger partial charge is 0.455 e. The van der Waals surface area contributed by atoms with Crippen molar-refractivity contribution in [3.05, 3.63) is 132 Å². The summed E-state index contributed by atoms with van der Waals surface area (Å²) < 4.78 is 13.0. The summed E-state index contributed by atoms with van der Waals surface area (Å²) in [5.74, 6) is -3.81. The van der Waals surface area contributed by atoms with Gasteiger partial charge in [0.05, 0.1) is 31.2 Å². The van der Waals surface area contributed by atoms with Crippen molar-refractivity contribution < 1.29 is 33.8 Å². The molecule has 3 aromatic rings. The number of ether oxygens (including phenoxy) is 2. The Morgan fingerprint density at radius 3 is 2.24 bits per heavy atom. The van der Waals surface area contributed by atoms with Gasteiger partial charge in [-0.25, -0.2) is 0 Å². The smallest absolute Gasteiger partial charge is 0.313 e. The second-order valence-corrected chi connectivity index (χ2v) is 13.3. The summed E-state index contributed by atoms with van der Waals surface area (Å²) in [5, 5.41) is 13.7. The fourth-order valence-electron chi connectivity index (χ4n) is 7.87. The predicted octanol–water partition coefficient (Wildman–Crippen LogP) is 3.52. The van der Waals surface area contributed by atoms with E-state index in [0.717, 1.165) is 11.1 Å². The Morgan fingerprint density at radius 1 is 0.860 bits per heavy atom. The molecule has 0 aromatic heterocycles. The lowest BCUT2D eigenvalue weighted by Crippen LogP contribution is -2.58. The number of hydrogen-bond donors (Lipinski definition) is 2. The zero-order valence-corrected chi connectivity index (χ0v) is 27.7. The molecule has 2 fully saturated rings. The number of hydrogen-bond acceptors (Lipinski definition) is 7. The third-order valence-corrected chi connectivity index (χ3v) is 10.2. The van der Waals surface area contributed by atoms with Crippen molar-refractivity contribution >= 4 is 23.7 Å². The number of esters is 1. The molecule has 2 saturated heterocycles. The van der Waals surface area contributed by atoms with Crippen molar-refractivity contribution in [3.63, 3.8) is 0 Å². The van der Waals surface area contributed by atoms with E-state index < -0.39 is 60.2 Å². The quantitative estimate of drug-likeness (QED) is 0.290. The van der Waals surface area contributed by atoms with E-state index in [1.54, 1.807) is 23.1 Å². The molecule has 4 aliphatic heterocycles. The minimum absolute atomic E-state index is 0.0611. The SMILES string of the molecule is O=C1CC/C=C\[C@@H]2O[C@@]34C=CCN(Cc5ccccc5)C(=O)[C@@H]3N([C@@H](CO)Cc3ccccc3)C(=O)[C@H]4[C@@H]2C(=O)O[C@@H](c2ccccc2)CN1. The molecule has 3 aromatic carbocycles. The van der Waals surface area contributed by atoms with Gasteiger partial charge in [-0.05, 0) is 29.5 Å². The summed E-state index contributed by atoms with van der Waals surface area (Å²) in [6.45, 7) is 0.238. The van der Waals surface area contributed by atoms with Crippen LogP contribution in [0.25, 0.3) is 0 Å². The van der Waals surface area contributed by atoms with Gasteiger partial charge in [0.15, 0.2) is 0 Å². The van der Waals surface area contributed by atoms with Crippen LogP contribution in [0.1, 0.15) is 35.6 Å². The van der Waals surface area contributed by atoms with Crippen LogP contribution < -0.4 is 5.32 Å². The fraction of sp³-hybridized carbons (Fsp3) is 0.350. The van der Waals surface area contributed by atoms with E-state index in [1.807, 2.05) is 97.1 Å². The number of cyclic esters (lactones) is 1. The molecule has 7 rings (SSSR count). The Labute approximate surface area is 291 Å².